The lowest BCUT2D eigenvalue weighted by Gasteiger charge is -2.24. The SMILES string of the molecule is CNC(=O)C(C)(C)NC(=O)Cc1ccc(N)cc1. The number of carbonyl (C=O) groups is 2. The van der Waals surface area contributed by atoms with Crippen molar-refractivity contribution in [1.82, 2.24) is 10.6 Å². The first-order valence-corrected chi connectivity index (χ1v) is 5.73. The molecule has 98 valence electrons. The zero-order valence-corrected chi connectivity index (χ0v) is 10.9. The quantitative estimate of drug-likeness (QED) is 0.677. The lowest BCUT2D eigenvalue weighted by molar-refractivity contribution is -0.131. The fraction of sp³-hybridized carbons (Fsp3) is 0.385. The number of anilines is 1. The maximum Gasteiger partial charge on any atom is 0.244 e. The van der Waals surface area contributed by atoms with Crippen LogP contribution in [-0.2, 0) is 16.0 Å². The highest BCUT2D eigenvalue weighted by molar-refractivity contribution is 5.91. The summed E-state index contributed by atoms with van der Waals surface area (Å²) < 4.78 is 0. The molecule has 1 aromatic carbocycles. The summed E-state index contributed by atoms with van der Waals surface area (Å²) >= 11 is 0. The van der Waals surface area contributed by atoms with Crippen LogP contribution in [0.4, 0.5) is 5.69 Å². The van der Waals surface area contributed by atoms with Gasteiger partial charge in [0.1, 0.15) is 5.54 Å². The third kappa shape index (κ3) is 3.76. The first-order chi connectivity index (χ1) is 8.35. The van der Waals surface area contributed by atoms with Crippen LogP contribution in [0.2, 0.25) is 0 Å². The second kappa shape index (κ2) is 5.53. The lowest BCUT2D eigenvalue weighted by Crippen LogP contribution is -2.54. The Kier molecular flexibility index (Phi) is 4.31. The molecule has 0 radical (unpaired) electrons. The molecule has 0 unspecified atom stereocenters. The van der Waals surface area contributed by atoms with Crippen molar-refractivity contribution in [3.05, 3.63) is 29.8 Å². The Morgan fingerprint density at radius 1 is 1.22 bits per heavy atom. The number of nitrogen functional groups attached to an aromatic ring is 1. The number of likely N-dealkylation sites (N-methyl/N-ethyl adjacent to an activating group) is 1. The summed E-state index contributed by atoms with van der Waals surface area (Å²) in [5.41, 5.74) is 6.16. The van der Waals surface area contributed by atoms with Crippen LogP contribution < -0.4 is 16.4 Å². The van der Waals surface area contributed by atoms with E-state index in [9.17, 15) is 9.59 Å². The monoisotopic (exact) mass is 249 g/mol. The summed E-state index contributed by atoms with van der Waals surface area (Å²) in [6, 6.07) is 7.07. The first-order valence-electron chi connectivity index (χ1n) is 5.73. The molecule has 5 nitrogen and oxygen atoms in total. The number of carbonyl (C=O) groups excluding carboxylic acids is 2. The molecular formula is C13H19N3O2. The van der Waals surface area contributed by atoms with Crippen molar-refractivity contribution >= 4 is 17.5 Å². The Morgan fingerprint density at radius 3 is 2.28 bits per heavy atom. The largest absolute Gasteiger partial charge is 0.399 e. The molecule has 2 amide bonds. The summed E-state index contributed by atoms with van der Waals surface area (Å²) in [6.45, 7) is 3.32. The zero-order valence-electron chi connectivity index (χ0n) is 10.9. The smallest absolute Gasteiger partial charge is 0.244 e. The van der Waals surface area contributed by atoms with Crippen molar-refractivity contribution in [2.24, 2.45) is 0 Å². The fourth-order valence-corrected chi connectivity index (χ4v) is 1.58. The van der Waals surface area contributed by atoms with Gasteiger partial charge in [-0.3, -0.25) is 9.59 Å². The van der Waals surface area contributed by atoms with Crippen molar-refractivity contribution < 1.29 is 9.59 Å². The molecular weight excluding hydrogens is 230 g/mol. The summed E-state index contributed by atoms with van der Waals surface area (Å²) in [7, 11) is 1.54. The summed E-state index contributed by atoms with van der Waals surface area (Å²) in [5, 5.41) is 5.20. The molecule has 4 N–H and O–H groups in total. The Labute approximate surface area is 107 Å². The van der Waals surface area contributed by atoms with Crippen LogP contribution in [0.5, 0.6) is 0 Å². The minimum absolute atomic E-state index is 0.201. The van der Waals surface area contributed by atoms with Crippen molar-refractivity contribution in [2.75, 3.05) is 12.8 Å². The average molecular weight is 249 g/mol. The van der Waals surface area contributed by atoms with Gasteiger partial charge in [0.2, 0.25) is 11.8 Å². The standard InChI is InChI=1S/C13H19N3O2/c1-13(2,12(18)15-3)16-11(17)8-9-4-6-10(14)7-5-9/h4-7H,8,14H2,1-3H3,(H,15,18)(H,16,17). The van der Waals surface area contributed by atoms with E-state index in [4.69, 9.17) is 5.73 Å². The van der Waals surface area contributed by atoms with Gasteiger partial charge in [0.05, 0.1) is 6.42 Å². The normalized spacial score (nSPS) is 10.8. The number of benzene rings is 1. The Morgan fingerprint density at radius 2 is 1.78 bits per heavy atom. The molecule has 0 saturated carbocycles. The second-order valence-corrected chi connectivity index (χ2v) is 4.67. The summed E-state index contributed by atoms with van der Waals surface area (Å²) in [4.78, 5) is 23.3. The number of nitrogens with one attached hydrogen (secondary N) is 2. The van der Waals surface area contributed by atoms with Crippen LogP contribution in [0.1, 0.15) is 19.4 Å². The van der Waals surface area contributed by atoms with E-state index in [1.807, 2.05) is 0 Å². The van der Waals surface area contributed by atoms with Gasteiger partial charge in [-0.25, -0.2) is 0 Å². The number of nitrogens with two attached hydrogens (primary N) is 1. The van der Waals surface area contributed by atoms with Gasteiger partial charge >= 0.3 is 0 Å². The molecule has 0 aliphatic heterocycles. The predicted molar refractivity (Wildman–Crippen MR) is 70.8 cm³/mol. The molecule has 1 rings (SSSR count). The molecule has 5 heteroatoms. The lowest BCUT2D eigenvalue weighted by atomic mass is 10.0. The molecule has 0 bridgehead atoms. The molecule has 0 aliphatic rings. The highest BCUT2D eigenvalue weighted by Crippen LogP contribution is 2.07. The topological polar surface area (TPSA) is 84.2 Å². The van der Waals surface area contributed by atoms with Crippen LogP contribution in [0.25, 0.3) is 0 Å². The Hall–Kier alpha value is -2.04. The molecule has 1 aromatic rings. The van der Waals surface area contributed by atoms with Gasteiger partial charge in [-0.05, 0) is 31.5 Å². The minimum Gasteiger partial charge on any atom is -0.399 e. The van der Waals surface area contributed by atoms with Crippen molar-refractivity contribution in [1.29, 1.82) is 0 Å². The van der Waals surface area contributed by atoms with E-state index in [0.29, 0.717) is 5.69 Å². The molecule has 18 heavy (non-hydrogen) atoms. The fourth-order valence-electron chi connectivity index (χ4n) is 1.58. The van der Waals surface area contributed by atoms with Crippen molar-refractivity contribution in [3.63, 3.8) is 0 Å². The molecule has 0 spiro atoms. The highest BCUT2D eigenvalue weighted by Gasteiger charge is 2.28. The maximum absolute atomic E-state index is 11.8. The van der Waals surface area contributed by atoms with E-state index in [2.05, 4.69) is 10.6 Å². The first kappa shape index (κ1) is 14.0. The Bertz CT molecular complexity index is 438. The van der Waals surface area contributed by atoms with Crippen LogP contribution in [0.3, 0.4) is 0 Å². The number of amides is 2. The van der Waals surface area contributed by atoms with Crippen LogP contribution >= 0.6 is 0 Å². The molecule has 0 heterocycles. The zero-order chi connectivity index (χ0) is 13.8. The molecule has 0 aromatic heterocycles. The molecule has 0 atom stereocenters. The van der Waals surface area contributed by atoms with E-state index in [1.165, 1.54) is 7.05 Å². The summed E-state index contributed by atoms with van der Waals surface area (Å²) in [6.07, 6.45) is 0.223. The molecule has 0 fully saturated rings. The van der Waals surface area contributed by atoms with Gasteiger partial charge in [0, 0.05) is 12.7 Å². The third-order valence-electron chi connectivity index (χ3n) is 2.59. The van der Waals surface area contributed by atoms with Crippen molar-refractivity contribution in [3.8, 4) is 0 Å². The summed E-state index contributed by atoms with van der Waals surface area (Å²) in [5.74, 6) is -0.429. The van der Waals surface area contributed by atoms with Gasteiger partial charge < -0.3 is 16.4 Å². The van der Waals surface area contributed by atoms with Crippen LogP contribution in [0, 0.1) is 0 Å². The van der Waals surface area contributed by atoms with E-state index in [-0.39, 0.29) is 18.2 Å². The van der Waals surface area contributed by atoms with E-state index in [1.54, 1.807) is 38.1 Å². The van der Waals surface area contributed by atoms with Gasteiger partial charge in [0.15, 0.2) is 0 Å². The highest BCUT2D eigenvalue weighted by atomic mass is 16.2. The van der Waals surface area contributed by atoms with Gasteiger partial charge in [-0.1, -0.05) is 12.1 Å². The predicted octanol–water partition coefficient (Wildman–Crippen LogP) is 0.452. The van der Waals surface area contributed by atoms with Gasteiger partial charge in [-0.15, -0.1) is 0 Å². The van der Waals surface area contributed by atoms with E-state index in [0.717, 1.165) is 5.56 Å². The number of hydrogen-bond donors (Lipinski definition) is 3. The third-order valence-corrected chi connectivity index (χ3v) is 2.59. The Balaban J connectivity index is 2.62. The average Bonchev–Trinajstić information content (AvgIpc) is 2.30. The molecule has 0 aliphatic carbocycles. The van der Waals surface area contributed by atoms with E-state index >= 15 is 0 Å². The molecule has 0 saturated heterocycles. The maximum atomic E-state index is 11.8. The van der Waals surface area contributed by atoms with Gasteiger partial charge in [-0.2, -0.15) is 0 Å². The van der Waals surface area contributed by atoms with Gasteiger partial charge in [0.25, 0.3) is 0 Å². The van der Waals surface area contributed by atoms with Crippen LogP contribution in [0.15, 0.2) is 24.3 Å². The van der Waals surface area contributed by atoms with Crippen LogP contribution in [-0.4, -0.2) is 24.4 Å². The number of rotatable bonds is 4. The van der Waals surface area contributed by atoms with Crippen molar-refractivity contribution in [2.45, 2.75) is 25.8 Å². The van der Waals surface area contributed by atoms with E-state index < -0.39 is 5.54 Å². The minimum atomic E-state index is -0.917. The number of hydrogen-bond acceptors (Lipinski definition) is 3. The second-order valence-electron chi connectivity index (χ2n) is 4.67.